The van der Waals surface area contributed by atoms with E-state index in [0.717, 1.165) is 19.3 Å². The molecule has 4 aliphatic carbocycles. The maximum Gasteiger partial charge on any atom is 0.161 e. The van der Waals surface area contributed by atoms with Crippen LogP contribution in [-0.4, -0.2) is 28.2 Å². The molecule has 22 heavy (non-hydrogen) atoms. The Hall–Kier alpha value is -0.410. The van der Waals surface area contributed by atoms with Crippen molar-refractivity contribution in [2.24, 2.45) is 34.5 Å². The van der Waals surface area contributed by atoms with Crippen molar-refractivity contribution in [1.29, 1.82) is 0 Å². The fourth-order valence-electron chi connectivity index (χ4n) is 7.07. The van der Waals surface area contributed by atoms with E-state index >= 15 is 0 Å². The third-order valence-corrected chi connectivity index (χ3v) is 8.47. The number of carbonyl (C=O) groups excluding carboxylic acids is 1. The van der Waals surface area contributed by atoms with Gasteiger partial charge in [-0.2, -0.15) is 0 Å². The molecule has 4 fully saturated rings. The van der Waals surface area contributed by atoms with Crippen molar-refractivity contribution in [2.45, 2.75) is 77.4 Å². The lowest BCUT2D eigenvalue weighted by Gasteiger charge is -2.60. The van der Waals surface area contributed by atoms with Crippen LogP contribution in [0.1, 0.15) is 65.2 Å². The maximum absolute atomic E-state index is 11.9. The van der Waals surface area contributed by atoms with Gasteiger partial charge in [0, 0.05) is 6.42 Å². The highest BCUT2D eigenvalue weighted by molar-refractivity contribution is 5.84. The van der Waals surface area contributed by atoms with Gasteiger partial charge in [0.2, 0.25) is 0 Å². The summed E-state index contributed by atoms with van der Waals surface area (Å²) >= 11 is 0. The van der Waals surface area contributed by atoms with Gasteiger partial charge in [-0.3, -0.25) is 4.79 Å². The molecule has 0 radical (unpaired) electrons. The minimum Gasteiger partial charge on any atom is -0.393 e. The molecule has 0 aromatic carbocycles. The number of rotatable bonds is 0. The van der Waals surface area contributed by atoms with Crippen LogP contribution in [0.5, 0.6) is 0 Å². The molecule has 0 heterocycles. The predicted octanol–water partition coefficient (Wildman–Crippen LogP) is 2.93. The van der Waals surface area contributed by atoms with E-state index < -0.39 is 6.10 Å². The van der Waals surface area contributed by atoms with Crippen LogP contribution in [0.3, 0.4) is 0 Å². The third kappa shape index (κ3) is 1.84. The molecule has 0 amide bonds. The largest absolute Gasteiger partial charge is 0.393 e. The van der Waals surface area contributed by atoms with Gasteiger partial charge in [0.1, 0.15) is 6.10 Å². The average molecular weight is 306 g/mol. The zero-order valence-corrected chi connectivity index (χ0v) is 13.9. The molecule has 4 rings (SSSR count). The fourth-order valence-corrected chi connectivity index (χ4v) is 7.07. The van der Waals surface area contributed by atoms with Crippen LogP contribution in [0.2, 0.25) is 0 Å². The van der Waals surface area contributed by atoms with Gasteiger partial charge >= 0.3 is 0 Å². The maximum atomic E-state index is 11.9. The summed E-state index contributed by atoms with van der Waals surface area (Å²) in [4.78, 5) is 11.9. The molecule has 3 heteroatoms. The van der Waals surface area contributed by atoms with Crippen molar-refractivity contribution in [3.63, 3.8) is 0 Å². The molecule has 0 aromatic rings. The molecule has 124 valence electrons. The van der Waals surface area contributed by atoms with E-state index in [2.05, 4.69) is 13.8 Å². The molecule has 0 spiro atoms. The Morgan fingerprint density at radius 1 is 0.955 bits per heavy atom. The fraction of sp³-hybridized carbons (Fsp3) is 0.947. The summed E-state index contributed by atoms with van der Waals surface area (Å²) in [6, 6.07) is 0. The summed E-state index contributed by atoms with van der Waals surface area (Å²) in [5.41, 5.74) is 0.249. The SMILES string of the molecule is C[C@]12CC(O)C(=O)CC1CC[C@@H]1[C@@H]2CC[C@]2(C)C(O)CC[C@@H]12. The van der Waals surface area contributed by atoms with Gasteiger partial charge in [-0.25, -0.2) is 0 Å². The number of Topliss-reactive ketones (excluding diaryl/α,β-unsaturated/α-hetero) is 1. The Morgan fingerprint density at radius 2 is 1.68 bits per heavy atom. The monoisotopic (exact) mass is 306 g/mol. The van der Waals surface area contributed by atoms with Crippen LogP contribution in [0.25, 0.3) is 0 Å². The van der Waals surface area contributed by atoms with E-state index in [9.17, 15) is 15.0 Å². The highest BCUT2D eigenvalue weighted by Crippen LogP contribution is 2.65. The first-order valence-electron chi connectivity index (χ1n) is 9.25. The molecule has 2 N–H and O–H groups in total. The van der Waals surface area contributed by atoms with Crippen LogP contribution in [-0.2, 0) is 4.79 Å². The quantitative estimate of drug-likeness (QED) is 0.723. The van der Waals surface area contributed by atoms with Crippen molar-refractivity contribution in [3.05, 3.63) is 0 Å². The number of aliphatic hydroxyl groups excluding tert-OH is 2. The molecule has 4 saturated carbocycles. The molecule has 8 atom stereocenters. The first-order valence-corrected chi connectivity index (χ1v) is 9.25. The molecular formula is C19H30O3. The van der Waals surface area contributed by atoms with Gasteiger partial charge in [-0.05, 0) is 79.4 Å². The second-order valence-electron chi connectivity index (χ2n) is 9.18. The van der Waals surface area contributed by atoms with Crippen molar-refractivity contribution < 1.29 is 15.0 Å². The Morgan fingerprint density at radius 3 is 2.45 bits per heavy atom. The lowest BCUT2D eigenvalue weighted by Crippen LogP contribution is -2.56. The highest BCUT2D eigenvalue weighted by Gasteiger charge is 2.60. The van der Waals surface area contributed by atoms with E-state index in [-0.39, 0.29) is 22.7 Å². The van der Waals surface area contributed by atoms with Gasteiger partial charge < -0.3 is 10.2 Å². The lowest BCUT2D eigenvalue weighted by atomic mass is 9.45. The molecule has 4 aliphatic rings. The molecule has 3 nitrogen and oxygen atoms in total. The van der Waals surface area contributed by atoms with Gasteiger partial charge in [-0.1, -0.05) is 13.8 Å². The number of hydrogen-bond acceptors (Lipinski definition) is 3. The first-order chi connectivity index (χ1) is 10.4. The summed E-state index contributed by atoms with van der Waals surface area (Å²) in [6.45, 7) is 4.65. The molecule has 0 aromatic heterocycles. The van der Waals surface area contributed by atoms with E-state index in [1.807, 2.05) is 0 Å². The number of ketones is 1. The zero-order valence-electron chi connectivity index (χ0n) is 13.9. The minimum absolute atomic E-state index is 0.0675. The zero-order chi connectivity index (χ0) is 15.7. The smallest absolute Gasteiger partial charge is 0.161 e. The molecular weight excluding hydrogens is 276 g/mol. The van der Waals surface area contributed by atoms with Crippen molar-refractivity contribution in [2.75, 3.05) is 0 Å². The average Bonchev–Trinajstić information content (AvgIpc) is 2.77. The summed E-state index contributed by atoms with van der Waals surface area (Å²) in [6.07, 6.45) is 7.18. The van der Waals surface area contributed by atoms with Crippen LogP contribution >= 0.6 is 0 Å². The van der Waals surface area contributed by atoms with E-state index in [4.69, 9.17) is 0 Å². The number of hydrogen-bond donors (Lipinski definition) is 2. The molecule has 3 unspecified atom stereocenters. The Balaban J connectivity index is 1.65. The Bertz CT molecular complexity index is 489. The number of carbonyl (C=O) groups is 1. The van der Waals surface area contributed by atoms with Gasteiger partial charge in [0.25, 0.3) is 0 Å². The second-order valence-corrected chi connectivity index (χ2v) is 9.18. The Kier molecular flexibility index (Phi) is 3.30. The normalized spacial score (nSPS) is 57.9. The number of fused-ring (bicyclic) bond motifs is 5. The standard InChI is InChI=1S/C19H30O3/c1-18-8-7-14-12(13(18)5-6-17(18)22)4-3-11-9-15(20)16(21)10-19(11,14)2/h11-14,16-17,21-22H,3-10H2,1-2H3/t11?,12-,13-,14-,16?,17?,18-,19-/m0/s1. The van der Waals surface area contributed by atoms with Crippen molar-refractivity contribution in [3.8, 4) is 0 Å². The van der Waals surface area contributed by atoms with Crippen LogP contribution < -0.4 is 0 Å². The van der Waals surface area contributed by atoms with Crippen molar-refractivity contribution >= 4 is 5.78 Å². The summed E-state index contributed by atoms with van der Waals surface area (Å²) in [5, 5.41) is 20.6. The van der Waals surface area contributed by atoms with E-state index in [1.165, 1.54) is 19.3 Å². The van der Waals surface area contributed by atoms with Crippen LogP contribution in [0, 0.1) is 34.5 Å². The second kappa shape index (κ2) is 4.80. The van der Waals surface area contributed by atoms with E-state index in [1.54, 1.807) is 0 Å². The number of aliphatic hydroxyl groups is 2. The highest BCUT2D eigenvalue weighted by atomic mass is 16.3. The predicted molar refractivity (Wildman–Crippen MR) is 84.1 cm³/mol. The summed E-state index contributed by atoms with van der Waals surface area (Å²) < 4.78 is 0. The third-order valence-electron chi connectivity index (χ3n) is 8.47. The van der Waals surface area contributed by atoms with Gasteiger partial charge in [0.15, 0.2) is 5.78 Å². The van der Waals surface area contributed by atoms with Crippen LogP contribution in [0.4, 0.5) is 0 Å². The van der Waals surface area contributed by atoms with Crippen molar-refractivity contribution in [1.82, 2.24) is 0 Å². The molecule has 0 saturated heterocycles. The minimum atomic E-state index is -0.734. The summed E-state index contributed by atoms with van der Waals surface area (Å²) in [5.74, 6) is 2.52. The van der Waals surface area contributed by atoms with Gasteiger partial charge in [-0.15, -0.1) is 0 Å². The molecule has 0 aliphatic heterocycles. The molecule has 0 bridgehead atoms. The van der Waals surface area contributed by atoms with Gasteiger partial charge in [0.05, 0.1) is 6.10 Å². The topological polar surface area (TPSA) is 57.5 Å². The lowest BCUT2D eigenvalue weighted by molar-refractivity contribution is -0.157. The van der Waals surface area contributed by atoms with Crippen LogP contribution in [0.15, 0.2) is 0 Å². The Labute approximate surface area is 133 Å². The summed E-state index contributed by atoms with van der Waals surface area (Å²) in [7, 11) is 0. The first kappa shape index (κ1) is 15.1. The van der Waals surface area contributed by atoms with E-state index in [0.29, 0.717) is 36.5 Å².